The van der Waals surface area contributed by atoms with Gasteiger partial charge in [0, 0.05) is 12.6 Å². The number of thiophene rings is 1. The Labute approximate surface area is 100 Å². The molecule has 0 spiro atoms. The number of nitrogens with one attached hydrogen (secondary N) is 1. The molecular weight excluding hydrogens is 249 g/mol. The molecule has 2 rings (SSSR count). The van der Waals surface area contributed by atoms with Crippen molar-refractivity contribution in [2.75, 3.05) is 11.9 Å². The summed E-state index contributed by atoms with van der Waals surface area (Å²) in [5.41, 5.74) is 1.10. The first-order chi connectivity index (χ1) is 8.16. The zero-order chi connectivity index (χ0) is 12.3. The molecule has 0 atom stereocenters. The second kappa shape index (κ2) is 5.18. The van der Waals surface area contributed by atoms with Gasteiger partial charge in [0.05, 0.1) is 0 Å². The number of hydrogen-bond acceptors (Lipinski definition) is 3. The quantitative estimate of drug-likeness (QED) is 0.852. The van der Waals surface area contributed by atoms with Gasteiger partial charge in [-0.1, -0.05) is 0 Å². The fourth-order valence-electron chi connectivity index (χ4n) is 1.33. The van der Waals surface area contributed by atoms with Gasteiger partial charge >= 0.3 is 0 Å². The van der Waals surface area contributed by atoms with Crippen molar-refractivity contribution in [3.05, 3.63) is 46.0 Å². The third-order valence-electron chi connectivity index (χ3n) is 2.17. The van der Waals surface area contributed by atoms with Crippen LogP contribution in [0.25, 0.3) is 0 Å². The molecule has 6 heteroatoms. The lowest BCUT2D eigenvalue weighted by molar-refractivity contribution is 0.466. The van der Waals surface area contributed by atoms with E-state index < -0.39 is 17.6 Å². The minimum atomic E-state index is -1.30. The Morgan fingerprint density at radius 3 is 2.76 bits per heavy atom. The highest BCUT2D eigenvalue weighted by atomic mass is 32.1. The van der Waals surface area contributed by atoms with Crippen LogP contribution < -0.4 is 5.32 Å². The summed E-state index contributed by atoms with van der Waals surface area (Å²) >= 11 is 1.57. The molecular formula is C11H9F3N2S. The lowest BCUT2D eigenvalue weighted by Crippen LogP contribution is -2.09. The van der Waals surface area contributed by atoms with Gasteiger partial charge in [-0.15, -0.1) is 0 Å². The topological polar surface area (TPSA) is 24.9 Å². The largest absolute Gasteiger partial charge is 0.367 e. The van der Waals surface area contributed by atoms with Gasteiger partial charge in [0.15, 0.2) is 17.5 Å². The molecule has 17 heavy (non-hydrogen) atoms. The molecule has 0 amide bonds. The standard InChI is InChI=1S/C11H9F3N2S/c12-8-5-9(13)11(16-10(8)14)15-3-1-7-2-4-17-6-7/h2,4-6H,1,3H2,(H,15,16). The Bertz CT molecular complexity index is 500. The Hall–Kier alpha value is -1.56. The highest BCUT2D eigenvalue weighted by molar-refractivity contribution is 7.07. The summed E-state index contributed by atoms with van der Waals surface area (Å²) in [4.78, 5) is 3.17. The molecule has 2 aromatic rings. The fraction of sp³-hybridized carbons (Fsp3) is 0.182. The maximum absolute atomic E-state index is 13.2. The van der Waals surface area contributed by atoms with Crippen molar-refractivity contribution in [3.8, 4) is 0 Å². The summed E-state index contributed by atoms with van der Waals surface area (Å²) in [6, 6.07) is 2.43. The van der Waals surface area contributed by atoms with E-state index in [0.29, 0.717) is 19.0 Å². The molecule has 1 N–H and O–H groups in total. The van der Waals surface area contributed by atoms with Crippen molar-refractivity contribution < 1.29 is 13.2 Å². The normalized spacial score (nSPS) is 10.5. The molecule has 0 fully saturated rings. The zero-order valence-corrected chi connectivity index (χ0v) is 9.53. The molecule has 0 aliphatic rings. The molecule has 2 aromatic heterocycles. The van der Waals surface area contributed by atoms with Crippen LogP contribution >= 0.6 is 11.3 Å². The van der Waals surface area contributed by atoms with E-state index >= 15 is 0 Å². The van der Waals surface area contributed by atoms with Gasteiger partial charge < -0.3 is 5.32 Å². The van der Waals surface area contributed by atoms with Crippen LogP contribution in [-0.4, -0.2) is 11.5 Å². The SMILES string of the molecule is Fc1cc(F)c(NCCc2ccsc2)nc1F. The Morgan fingerprint density at radius 2 is 2.06 bits per heavy atom. The molecule has 0 aliphatic heterocycles. The number of rotatable bonds is 4. The second-order valence-electron chi connectivity index (χ2n) is 3.40. The van der Waals surface area contributed by atoms with E-state index in [1.807, 2.05) is 16.8 Å². The van der Waals surface area contributed by atoms with Crippen LogP contribution in [0.4, 0.5) is 19.0 Å². The predicted octanol–water partition coefficient (Wildman–Crippen LogP) is 3.22. The zero-order valence-electron chi connectivity index (χ0n) is 8.71. The first-order valence-corrected chi connectivity index (χ1v) is 5.87. The highest BCUT2D eigenvalue weighted by Gasteiger charge is 2.10. The van der Waals surface area contributed by atoms with Gasteiger partial charge in [-0.3, -0.25) is 0 Å². The summed E-state index contributed by atoms with van der Waals surface area (Å²) in [5.74, 6) is -3.75. The minimum absolute atomic E-state index is 0.265. The van der Waals surface area contributed by atoms with Gasteiger partial charge in [-0.2, -0.15) is 20.7 Å². The molecule has 2 heterocycles. The minimum Gasteiger partial charge on any atom is -0.367 e. The van der Waals surface area contributed by atoms with Crippen LogP contribution in [0.15, 0.2) is 22.9 Å². The summed E-state index contributed by atoms with van der Waals surface area (Å²) < 4.78 is 38.5. The lowest BCUT2D eigenvalue weighted by atomic mass is 10.2. The third kappa shape index (κ3) is 2.97. The summed E-state index contributed by atoms with van der Waals surface area (Å²) in [7, 11) is 0. The smallest absolute Gasteiger partial charge is 0.251 e. The van der Waals surface area contributed by atoms with Gasteiger partial charge in [0.1, 0.15) is 0 Å². The summed E-state index contributed by atoms with van der Waals surface area (Å²) in [6.45, 7) is 0.408. The molecule has 0 saturated heterocycles. The predicted molar refractivity (Wildman–Crippen MR) is 60.6 cm³/mol. The van der Waals surface area contributed by atoms with E-state index in [1.54, 1.807) is 11.3 Å². The van der Waals surface area contributed by atoms with E-state index in [9.17, 15) is 13.2 Å². The summed E-state index contributed by atoms with van der Waals surface area (Å²) in [5, 5.41) is 6.54. The molecule has 0 bridgehead atoms. The number of halogens is 3. The van der Waals surface area contributed by atoms with E-state index in [1.165, 1.54) is 0 Å². The van der Waals surface area contributed by atoms with Gasteiger partial charge in [0.2, 0.25) is 0 Å². The van der Waals surface area contributed by atoms with Crippen molar-refractivity contribution in [2.45, 2.75) is 6.42 Å². The van der Waals surface area contributed by atoms with Crippen molar-refractivity contribution >= 4 is 17.2 Å². The third-order valence-corrected chi connectivity index (χ3v) is 2.90. The Kier molecular flexibility index (Phi) is 3.63. The van der Waals surface area contributed by atoms with Crippen LogP contribution in [-0.2, 0) is 6.42 Å². The van der Waals surface area contributed by atoms with E-state index in [0.717, 1.165) is 5.56 Å². The second-order valence-corrected chi connectivity index (χ2v) is 4.18. The number of hydrogen-bond donors (Lipinski definition) is 1. The van der Waals surface area contributed by atoms with Crippen molar-refractivity contribution in [2.24, 2.45) is 0 Å². The van der Waals surface area contributed by atoms with E-state index in [-0.39, 0.29) is 5.82 Å². The highest BCUT2D eigenvalue weighted by Crippen LogP contribution is 2.14. The molecule has 0 saturated carbocycles. The van der Waals surface area contributed by atoms with E-state index in [4.69, 9.17) is 0 Å². The van der Waals surface area contributed by atoms with Crippen molar-refractivity contribution in [1.82, 2.24) is 4.98 Å². The van der Waals surface area contributed by atoms with Gasteiger partial charge in [0.25, 0.3) is 5.95 Å². The molecule has 0 aliphatic carbocycles. The number of pyridine rings is 1. The first kappa shape index (κ1) is 11.9. The average Bonchev–Trinajstić information content (AvgIpc) is 2.78. The van der Waals surface area contributed by atoms with Crippen LogP contribution in [0.5, 0.6) is 0 Å². The lowest BCUT2D eigenvalue weighted by Gasteiger charge is -2.06. The van der Waals surface area contributed by atoms with Crippen molar-refractivity contribution in [3.63, 3.8) is 0 Å². The maximum Gasteiger partial charge on any atom is 0.251 e. The maximum atomic E-state index is 13.2. The summed E-state index contributed by atoms with van der Waals surface area (Å²) in [6.07, 6.45) is 0.670. The first-order valence-electron chi connectivity index (χ1n) is 4.93. The van der Waals surface area contributed by atoms with Gasteiger partial charge in [-0.05, 0) is 28.8 Å². The van der Waals surface area contributed by atoms with Gasteiger partial charge in [-0.25, -0.2) is 8.78 Å². The van der Waals surface area contributed by atoms with Crippen LogP contribution in [0.2, 0.25) is 0 Å². The van der Waals surface area contributed by atoms with Crippen LogP contribution in [0.3, 0.4) is 0 Å². The molecule has 0 radical (unpaired) electrons. The monoisotopic (exact) mass is 258 g/mol. The van der Waals surface area contributed by atoms with Crippen molar-refractivity contribution in [1.29, 1.82) is 0 Å². The average molecular weight is 258 g/mol. The molecule has 0 aromatic carbocycles. The van der Waals surface area contributed by atoms with E-state index in [2.05, 4.69) is 10.3 Å². The number of anilines is 1. The van der Waals surface area contributed by atoms with Crippen LogP contribution in [0, 0.1) is 17.6 Å². The Balaban J connectivity index is 1.97. The molecule has 2 nitrogen and oxygen atoms in total. The number of aromatic nitrogens is 1. The molecule has 0 unspecified atom stereocenters. The fourth-order valence-corrected chi connectivity index (χ4v) is 2.03. The van der Waals surface area contributed by atoms with Crippen LogP contribution in [0.1, 0.15) is 5.56 Å². The number of nitrogens with zero attached hydrogens (tertiary/aromatic N) is 1. The Morgan fingerprint density at radius 1 is 1.24 bits per heavy atom. The molecule has 90 valence electrons.